The Morgan fingerprint density at radius 2 is 2.04 bits per heavy atom. The number of hydrogen-bond donors (Lipinski definition) is 1. The Morgan fingerprint density at radius 3 is 2.71 bits per heavy atom. The monoisotopic (exact) mass is 408 g/mol. The fourth-order valence-corrected chi connectivity index (χ4v) is 4.67. The number of esters is 1. The third-order valence-corrected chi connectivity index (χ3v) is 6.15. The summed E-state index contributed by atoms with van der Waals surface area (Å²) in [6, 6.07) is 2.77. The van der Waals surface area contributed by atoms with Gasteiger partial charge in [0.15, 0.2) is 5.13 Å². The molecule has 0 radical (unpaired) electrons. The van der Waals surface area contributed by atoms with Gasteiger partial charge in [-0.1, -0.05) is 23.2 Å². The molecule has 10 heteroatoms. The maximum atomic E-state index is 12.5. The molecule has 2 rings (SSSR count). The highest BCUT2D eigenvalue weighted by Crippen LogP contribution is 2.30. The molecule has 6 nitrogen and oxygen atoms in total. The molecule has 0 aliphatic carbocycles. The second-order valence-corrected chi connectivity index (χ2v) is 8.33. The van der Waals surface area contributed by atoms with E-state index in [9.17, 15) is 13.2 Å². The molecule has 0 aliphatic rings. The average Bonchev–Trinajstić information content (AvgIpc) is 2.89. The number of halogens is 2. The molecule has 0 unspecified atom stereocenters. The van der Waals surface area contributed by atoms with Crippen molar-refractivity contribution in [1.29, 1.82) is 0 Å². The van der Waals surface area contributed by atoms with Gasteiger partial charge < -0.3 is 4.74 Å². The van der Waals surface area contributed by atoms with Crippen molar-refractivity contribution in [2.45, 2.75) is 25.2 Å². The Labute approximate surface area is 153 Å². The van der Waals surface area contributed by atoms with Crippen molar-refractivity contribution in [3.05, 3.63) is 38.8 Å². The Morgan fingerprint density at radius 1 is 1.33 bits per heavy atom. The Hall–Kier alpha value is -1.35. The predicted molar refractivity (Wildman–Crippen MR) is 94.5 cm³/mol. The van der Waals surface area contributed by atoms with Gasteiger partial charge in [-0.2, -0.15) is 0 Å². The first kappa shape index (κ1) is 19.0. The quantitative estimate of drug-likeness (QED) is 0.736. The molecule has 1 heterocycles. The standard InChI is InChI=1S/C14H14Cl2N2O4S2/c1-3-22-13(19)5-9-7-17-14(23-9)18-24(20,21)12-4-8(2)10(15)6-11(12)16/h4,6-7H,3,5H2,1-2H3,(H,17,18). The van der Waals surface area contributed by atoms with E-state index in [0.717, 1.165) is 11.3 Å². The zero-order valence-corrected chi connectivity index (χ0v) is 15.9. The number of carbonyl (C=O) groups excluding carboxylic acids is 1. The van der Waals surface area contributed by atoms with Gasteiger partial charge in [0.2, 0.25) is 0 Å². The Bertz CT molecular complexity index is 866. The molecule has 0 bridgehead atoms. The number of hydrogen-bond acceptors (Lipinski definition) is 6. The van der Waals surface area contributed by atoms with Gasteiger partial charge in [-0.25, -0.2) is 13.4 Å². The number of aromatic nitrogens is 1. The second kappa shape index (κ2) is 7.69. The number of aryl methyl sites for hydroxylation is 1. The number of thiazole rings is 1. The van der Waals surface area contributed by atoms with Gasteiger partial charge in [0.1, 0.15) is 4.90 Å². The van der Waals surface area contributed by atoms with E-state index in [1.807, 2.05) is 0 Å². The Kier molecular flexibility index (Phi) is 6.08. The van der Waals surface area contributed by atoms with Crippen molar-refractivity contribution >= 4 is 55.7 Å². The minimum absolute atomic E-state index is 0.0152. The summed E-state index contributed by atoms with van der Waals surface area (Å²) < 4.78 is 32.1. The van der Waals surface area contributed by atoms with Crippen LogP contribution in [0.15, 0.2) is 23.2 Å². The van der Waals surface area contributed by atoms with Crippen LogP contribution in [0.25, 0.3) is 0 Å². The van der Waals surface area contributed by atoms with Gasteiger partial charge in [-0.15, -0.1) is 11.3 Å². The first-order valence-electron chi connectivity index (χ1n) is 6.81. The second-order valence-electron chi connectivity index (χ2n) is 4.75. The van der Waals surface area contributed by atoms with Crippen molar-refractivity contribution in [3.63, 3.8) is 0 Å². The maximum absolute atomic E-state index is 12.5. The molecule has 0 saturated carbocycles. The summed E-state index contributed by atoms with van der Waals surface area (Å²) in [5, 5.41) is 0.532. The molecule has 1 aromatic heterocycles. The van der Waals surface area contributed by atoms with Crippen LogP contribution in [0.2, 0.25) is 10.0 Å². The van der Waals surface area contributed by atoms with E-state index in [1.165, 1.54) is 18.3 Å². The molecule has 2 aromatic rings. The first-order valence-corrected chi connectivity index (χ1v) is 9.87. The number of sulfonamides is 1. The fraction of sp³-hybridized carbons (Fsp3) is 0.286. The van der Waals surface area contributed by atoms with Crippen LogP contribution in [0.5, 0.6) is 0 Å². The van der Waals surface area contributed by atoms with Crippen molar-refractivity contribution in [2.75, 3.05) is 11.3 Å². The lowest BCUT2D eigenvalue weighted by Gasteiger charge is -2.09. The fourth-order valence-electron chi connectivity index (χ4n) is 1.80. The van der Waals surface area contributed by atoms with Crippen LogP contribution in [0.1, 0.15) is 17.4 Å². The average molecular weight is 409 g/mol. The van der Waals surface area contributed by atoms with Crippen LogP contribution in [0.4, 0.5) is 5.13 Å². The number of benzene rings is 1. The molecular weight excluding hydrogens is 395 g/mol. The summed E-state index contributed by atoms with van der Waals surface area (Å²) in [5.41, 5.74) is 0.587. The highest BCUT2D eigenvalue weighted by molar-refractivity contribution is 7.93. The molecule has 0 fully saturated rings. The third kappa shape index (κ3) is 4.60. The summed E-state index contributed by atoms with van der Waals surface area (Å²) in [5.74, 6) is -0.396. The molecule has 0 atom stereocenters. The first-order chi connectivity index (χ1) is 11.2. The molecule has 0 saturated heterocycles. The van der Waals surface area contributed by atoms with Crippen molar-refractivity contribution in [3.8, 4) is 0 Å². The maximum Gasteiger partial charge on any atom is 0.311 e. The lowest BCUT2D eigenvalue weighted by molar-refractivity contribution is -0.142. The van der Waals surface area contributed by atoms with E-state index in [0.29, 0.717) is 15.5 Å². The summed E-state index contributed by atoms with van der Waals surface area (Å²) >= 11 is 12.9. The van der Waals surface area contributed by atoms with Crippen LogP contribution < -0.4 is 4.72 Å². The number of nitrogens with zero attached hydrogens (tertiary/aromatic N) is 1. The highest BCUT2D eigenvalue weighted by Gasteiger charge is 2.21. The van der Waals surface area contributed by atoms with E-state index in [4.69, 9.17) is 27.9 Å². The smallest absolute Gasteiger partial charge is 0.311 e. The van der Waals surface area contributed by atoms with Crippen molar-refractivity contribution in [2.24, 2.45) is 0 Å². The zero-order valence-electron chi connectivity index (χ0n) is 12.8. The predicted octanol–water partition coefficient (Wildman–Crippen LogP) is 3.66. The van der Waals surface area contributed by atoms with Gasteiger partial charge in [-0.05, 0) is 31.5 Å². The summed E-state index contributed by atoms with van der Waals surface area (Å²) in [7, 11) is -3.92. The van der Waals surface area contributed by atoms with E-state index in [-0.39, 0.29) is 28.1 Å². The van der Waals surface area contributed by atoms with E-state index in [2.05, 4.69) is 9.71 Å². The number of anilines is 1. The van der Waals surface area contributed by atoms with Gasteiger partial charge in [0.05, 0.1) is 18.1 Å². The van der Waals surface area contributed by atoms with Crippen molar-refractivity contribution in [1.82, 2.24) is 4.98 Å². The molecule has 0 aliphatic heterocycles. The van der Waals surface area contributed by atoms with Crippen LogP contribution in [0, 0.1) is 6.92 Å². The molecule has 1 N–H and O–H groups in total. The molecule has 1 aromatic carbocycles. The molecule has 24 heavy (non-hydrogen) atoms. The van der Waals surface area contributed by atoms with Gasteiger partial charge >= 0.3 is 5.97 Å². The minimum atomic E-state index is -3.92. The molecular formula is C14H14Cl2N2O4S2. The van der Waals surface area contributed by atoms with E-state index < -0.39 is 16.0 Å². The lowest BCUT2D eigenvalue weighted by Crippen LogP contribution is -2.13. The highest BCUT2D eigenvalue weighted by atomic mass is 35.5. The lowest BCUT2D eigenvalue weighted by atomic mass is 10.2. The summed E-state index contributed by atoms with van der Waals surface area (Å²) in [6.45, 7) is 3.67. The van der Waals surface area contributed by atoms with E-state index in [1.54, 1.807) is 13.8 Å². The number of ether oxygens (including phenoxy) is 1. The normalized spacial score (nSPS) is 11.3. The molecule has 0 amide bonds. The number of rotatable bonds is 6. The summed E-state index contributed by atoms with van der Waals surface area (Å²) in [4.78, 5) is 15.9. The van der Waals surface area contributed by atoms with Crippen LogP contribution in [-0.4, -0.2) is 26.0 Å². The molecule has 0 spiro atoms. The summed E-state index contributed by atoms with van der Waals surface area (Å²) in [6.07, 6.45) is 1.46. The van der Waals surface area contributed by atoms with Crippen LogP contribution in [-0.2, 0) is 26.0 Å². The van der Waals surface area contributed by atoms with Gasteiger partial charge in [-0.3, -0.25) is 9.52 Å². The molecule has 130 valence electrons. The van der Waals surface area contributed by atoms with Crippen molar-refractivity contribution < 1.29 is 17.9 Å². The SMILES string of the molecule is CCOC(=O)Cc1cnc(NS(=O)(=O)c2cc(C)c(Cl)cc2Cl)s1. The van der Waals surface area contributed by atoms with Crippen LogP contribution in [0.3, 0.4) is 0 Å². The zero-order chi connectivity index (χ0) is 17.9. The van der Waals surface area contributed by atoms with Crippen LogP contribution >= 0.6 is 34.5 Å². The Balaban J connectivity index is 2.20. The third-order valence-electron chi connectivity index (χ3n) is 2.90. The van der Waals surface area contributed by atoms with E-state index >= 15 is 0 Å². The minimum Gasteiger partial charge on any atom is -0.466 e. The largest absolute Gasteiger partial charge is 0.466 e. The number of carbonyl (C=O) groups is 1. The number of nitrogens with one attached hydrogen (secondary N) is 1. The topological polar surface area (TPSA) is 85.4 Å². The van der Waals surface area contributed by atoms with Gasteiger partial charge in [0, 0.05) is 16.1 Å². The van der Waals surface area contributed by atoms with Gasteiger partial charge in [0.25, 0.3) is 10.0 Å².